The monoisotopic (exact) mass is 286 g/mol. The summed E-state index contributed by atoms with van der Waals surface area (Å²) in [5.41, 5.74) is -0.783. The van der Waals surface area contributed by atoms with Gasteiger partial charge in [0.25, 0.3) is 11.6 Å². The van der Waals surface area contributed by atoms with E-state index in [0.29, 0.717) is 0 Å². The maximum absolute atomic E-state index is 12.1. The lowest BCUT2D eigenvalue weighted by Gasteiger charge is -2.12. The van der Waals surface area contributed by atoms with Gasteiger partial charge in [-0.3, -0.25) is 10.1 Å². The van der Waals surface area contributed by atoms with Crippen molar-refractivity contribution in [3.63, 3.8) is 0 Å². The Balaban J connectivity index is 3.38. The molecule has 0 N–H and O–H groups in total. The first-order valence-electron chi connectivity index (χ1n) is 4.32. The van der Waals surface area contributed by atoms with Crippen molar-refractivity contribution < 1.29 is 27.6 Å². The summed E-state index contributed by atoms with van der Waals surface area (Å²) in [7, 11) is 0.964. The molecule has 1 heterocycles. The van der Waals surface area contributed by atoms with E-state index in [2.05, 4.69) is 14.5 Å². The molecule has 1 aromatic heterocycles. The van der Waals surface area contributed by atoms with E-state index in [0.717, 1.165) is 13.3 Å². The van der Waals surface area contributed by atoms with Crippen molar-refractivity contribution >= 4 is 17.3 Å². The Morgan fingerprint density at radius 1 is 1.56 bits per heavy atom. The molecule has 0 atom stereocenters. The third kappa shape index (κ3) is 3.13. The molecular formula is C8H6ClF3N2O4. The van der Waals surface area contributed by atoms with Gasteiger partial charge in [0, 0.05) is 6.20 Å². The predicted octanol–water partition coefficient (Wildman–Crippen LogP) is 2.64. The molecule has 100 valence electrons. The van der Waals surface area contributed by atoms with E-state index in [1.165, 1.54) is 0 Å². The summed E-state index contributed by atoms with van der Waals surface area (Å²) < 4.78 is 44.2. The van der Waals surface area contributed by atoms with E-state index < -0.39 is 28.6 Å². The van der Waals surface area contributed by atoms with Gasteiger partial charge >= 0.3 is 12.0 Å². The molecule has 18 heavy (non-hydrogen) atoms. The first-order valence-corrected chi connectivity index (χ1v) is 4.85. The van der Waals surface area contributed by atoms with Crippen molar-refractivity contribution in [1.29, 1.82) is 0 Å². The van der Waals surface area contributed by atoms with Gasteiger partial charge in [0.15, 0.2) is 0 Å². The van der Waals surface area contributed by atoms with Crippen LogP contribution in [0.2, 0.25) is 0 Å². The summed E-state index contributed by atoms with van der Waals surface area (Å²) in [6, 6.07) is 0. The van der Waals surface area contributed by atoms with Crippen molar-refractivity contribution in [2.45, 2.75) is 12.2 Å². The van der Waals surface area contributed by atoms with Crippen LogP contribution in [0.1, 0.15) is 5.56 Å². The van der Waals surface area contributed by atoms with E-state index in [4.69, 9.17) is 11.6 Å². The Labute approximate surface area is 103 Å². The van der Waals surface area contributed by atoms with Crippen LogP contribution in [0, 0.1) is 10.1 Å². The van der Waals surface area contributed by atoms with Crippen molar-refractivity contribution in [3.05, 3.63) is 21.9 Å². The molecule has 1 aromatic rings. The number of hydrogen-bond acceptors (Lipinski definition) is 5. The predicted molar refractivity (Wildman–Crippen MR) is 53.7 cm³/mol. The van der Waals surface area contributed by atoms with Crippen LogP contribution in [0.3, 0.4) is 0 Å². The van der Waals surface area contributed by atoms with Gasteiger partial charge in [-0.25, -0.2) is 4.98 Å². The van der Waals surface area contributed by atoms with Crippen molar-refractivity contribution in [1.82, 2.24) is 4.98 Å². The van der Waals surface area contributed by atoms with Gasteiger partial charge in [-0.15, -0.1) is 24.8 Å². The highest BCUT2D eigenvalue weighted by atomic mass is 35.5. The first kappa shape index (κ1) is 14.3. The van der Waals surface area contributed by atoms with Crippen LogP contribution in [0.5, 0.6) is 11.6 Å². The Hall–Kier alpha value is -1.77. The Bertz CT molecular complexity index is 466. The van der Waals surface area contributed by atoms with E-state index in [1.807, 2.05) is 0 Å². The molecule has 0 aliphatic carbocycles. The molecule has 0 spiro atoms. The third-order valence-electron chi connectivity index (χ3n) is 1.79. The molecule has 0 saturated carbocycles. The largest absolute Gasteiger partial charge is 0.574 e. The zero-order valence-corrected chi connectivity index (χ0v) is 9.58. The molecule has 0 bridgehead atoms. The van der Waals surface area contributed by atoms with E-state index >= 15 is 0 Å². The number of aromatic nitrogens is 1. The number of ether oxygens (including phenoxy) is 2. The minimum atomic E-state index is -5.03. The topological polar surface area (TPSA) is 74.5 Å². The molecule has 0 aliphatic rings. The second-order valence-corrected chi connectivity index (χ2v) is 3.18. The fourth-order valence-electron chi connectivity index (χ4n) is 1.17. The second-order valence-electron chi connectivity index (χ2n) is 2.91. The summed E-state index contributed by atoms with van der Waals surface area (Å²) in [5.74, 6) is -2.06. The summed E-state index contributed by atoms with van der Waals surface area (Å²) >= 11 is 5.43. The minimum Gasteiger partial charge on any atom is -0.486 e. The number of hydrogen-bond donors (Lipinski definition) is 0. The van der Waals surface area contributed by atoms with Crippen LogP contribution in [0.25, 0.3) is 0 Å². The average Bonchev–Trinajstić information content (AvgIpc) is 2.26. The third-order valence-corrected chi connectivity index (χ3v) is 2.08. The maximum atomic E-state index is 12.1. The quantitative estimate of drug-likeness (QED) is 0.483. The van der Waals surface area contributed by atoms with Crippen LogP contribution in [0.4, 0.5) is 18.9 Å². The van der Waals surface area contributed by atoms with Crippen molar-refractivity contribution in [3.8, 4) is 11.6 Å². The van der Waals surface area contributed by atoms with Crippen molar-refractivity contribution in [2.24, 2.45) is 0 Å². The Morgan fingerprint density at radius 3 is 2.56 bits per heavy atom. The zero-order valence-electron chi connectivity index (χ0n) is 8.82. The summed E-state index contributed by atoms with van der Waals surface area (Å²) in [6.07, 6.45) is -4.20. The first-order chi connectivity index (χ1) is 8.30. The maximum Gasteiger partial charge on any atom is 0.574 e. The van der Waals surface area contributed by atoms with Crippen molar-refractivity contribution in [2.75, 3.05) is 7.11 Å². The van der Waals surface area contributed by atoms with Crippen LogP contribution < -0.4 is 9.47 Å². The molecule has 6 nitrogen and oxygen atoms in total. The molecule has 0 saturated heterocycles. The highest BCUT2D eigenvalue weighted by molar-refractivity contribution is 6.17. The SMILES string of the molecule is COc1c(OC(F)(F)F)ncc(CCl)c1[N+](=O)[O-]. The van der Waals surface area contributed by atoms with Gasteiger partial charge in [-0.2, -0.15) is 0 Å². The lowest BCUT2D eigenvalue weighted by Crippen LogP contribution is -2.19. The van der Waals surface area contributed by atoms with Gasteiger partial charge < -0.3 is 9.47 Å². The van der Waals surface area contributed by atoms with E-state index in [-0.39, 0.29) is 11.4 Å². The van der Waals surface area contributed by atoms with E-state index in [9.17, 15) is 23.3 Å². The Kier molecular flexibility index (Phi) is 4.17. The van der Waals surface area contributed by atoms with Gasteiger partial charge in [0.2, 0.25) is 0 Å². The standard InChI is InChI=1S/C8H6ClF3N2O4/c1-17-6-5(14(15)16)4(2-9)3-13-7(6)18-8(10,11)12/h3H,2H2,1H3. The van der Waals surface area contributed by atoms with E-state index in [1.54, 1.807) is 0 Å². The molecule has 10 heteroatoms. The number of pyridine rings is 1. The molecule has 0 unspecified atom stereocenters. The number of methoxy groups -OCH3 is 1. The van der Waals surface area contributed by atoms with Crippen LogP contribution in [0.15, 0.2) is 6.20 Å². The highest BCUT2D eigenvalue weighted by Gasteiger charge is 2.36. The Morgan fingerprint density at radius 2 is 2.17 bits per heavy atom. The normalized spacial score (nSPS) is 11.2. The molecule has 0 radical (unpaired) electrons. The van der Waals surface area contributed by atoms with Gasteiger partial charge in [0.05, 0.1) is 23.5 Å². The summed E-state index contributed by atoms with van der Waals surface area (Å²) in [4.78, 5) is 13.2. The number of halogens is 4. The summed E-state index contributed by atoms with van der Waals surface area (Å²) in [6.45, 7) is 0. The molecule has 0 fully saturated rings. The van der Waals surface area contributed by atoms with Gasteiger partial charge in [0.1, 0.15) is 0 Å². The van der Waals surface area contributed by atoms with Crippen LogP contribution in [-0.4, -0.2) is 23.4 Å². The fraction of sp³-hybridized carbons (Fsp3) is 0.375. The lowest BCUT2D eigenvalue weighted by molar-refractivity contribution is -0.386. The second kappa shape index (κ2) is 5.25. The highest BCUT2D eigenvalue weighted by Crippen LogP contribution is 2.40. The lowest BCUT2D eigenvalue weighted by atomic mass is 10.2. The number of rotatable bonds is 4. The summed E-state index contributed by atoms with van der Waals surface area (Å²) in [5, 5.41) is 10.8. The van der Waals surface area contributed by atoms with Crippen LogP contribution in [-0.2, 0) is 5.88 Å². The molecule has 0 aliphatic heterocycles. The number of nitro groups is 1. The molecular weight excluding hydrogens is 281 g/mol. The smallest absolute Gasteiger partial charge is 0.486 e. The van der Waals surface area contributed by atoms with Crippen LogP contribution >= 0.6 is 11.6 Å². The minimum absolute atomic E-state index is 0.0759. The number of alkyl halides is 4. The van der Waals surface area contributed by atoms with Gasteiger partial charge in [-0.1, -0.05) is 0 Å². The molecule has 0 aromatic carbocycles. The number of nitrogens with zero attached hydrogens (tertiary/aromatic N) is 2. The molecule has 1 rings (SSSR count). The zero-order chi connectivity index (χ0) is 13.9. The average molecular weight is 287 g/mol. The molecule has 0 amide bonds. The van der Waals surface area contributed by atoms with Gasteiger partial charge in [-0.05, 0) is 0 Å². The fourth-order valence-corrected chi connectivity index (χ4v) is 1.36.